The molecular formula is C13H19ClFNO3S. The molecule has 0 aliphatic carbocycles. The van der Waals surface area contributed by atoms with Crippen LogP contribution < -0.4 is 4.72 Å². The molecule has 1 rings (SSSR count). The lowest BCUT2D eigenvalue weighted by Crippen LogP contribution is -2.34. The number of rotatable bonds is 7. The van der Waals surface area contributed by atoms with Crippen LogP contribution in [-0.2, 0) is 10.0 Å². The lowest BCUT2D eigenvalue weighted by atomic mass is 9.88. The Kier molecular flexibility index (Phi) is 5.94. The van der Waals surface area contributed by atoms with Crippen LogP contribution in [0.1, 0.15) is 26.7 Å². The van der Waals surface area contributed by atoms with Gasteiger partial charge in [-0.05, 0) is 36.5 Å². The lowest BCUT2D eigenvalue weighted by Gasteiger charge is -2.24. The molecule has 0 saturated carbocycles. The van der Waals surface area contributed by atoms with Gasteiger partial charge in [-0.15, -0.1) is 0 Å². The third kappa shape index (κ3) is 5.01. The Bertz CT molecular complexity index is 561. The number of halogens is 2. The molecule has 4 nitrogen and oxygen atoms in total. The minimum atomic E-state index is -3.91. The van der Waals surface area contributed by atoms with E-state index in [2.05, 4.69) is 4.72 Å². The molecule has 0 aromatic heterocycles. The summed E-state index contributed by atoms with van der Waals surface area (Å²) in [6, 6.07) is 3.43. The Morgan fingerprint density at radius 2 is 2.05 bits per heavy atom. The van der Waals surface area contributed by atoms with Gasteiger partial charge in [0.25, 0.3) is 0 Å². The second-order valence-electron chi connectivity index (χ2n) is 5.39. The van der Waals surface area contributed by atoms with E-state index >= 15 is 0 Å². The van der Waals surface area contributed by atoms with Crippen LogP contribution in [0.3, 0.4) is 0 Å². The molecule has 0 heterocycles. The Balaban J connectivity index is 2.80. The predicted octanol–water partition coefficient (Wildman–Crippen LogP) is 2.56. The van der Waals surface area contributed by atoms with Crippen LogP contribution in [0.4, 0.5) is 4.39 Å². The number of benzene rings is 1. The third-order valence-electron chi connectivity index (χ3n) is 2.94. The highest BCUT2D eigenvalue weighted by atomic mass is 35.5. The van der Waals surface area contributed by atoms with Crippen molar-refractivity contribution < 1.29 is 17.9 Å². The first kappa shape index (κ1) is 17.4. The van der Waals surface area contributed by atoms with Gasteiger partial charge in [0.05, 0.1) is 0 Å². The van der Waals surface area contributed by atoms with Crippen molar-refractivity contribution in [1.82, 2.24) is 4.72 Å². The number of nitrogens with one attached hydrogen (secondary N) is 1. The number of sulfonamides is 1. The summed E-state index contributed by atoms with van der Waals surface area (Å²) in [5.41, 5.74) is -0.321. The summed E-state index contributed by atoms with van der Waals surface area (Å²) in [5.74, 6) is -0.877. The molecule has 0 unspecified atom stereocenters. The van der Waals surface area contributed by atoms with Crippen LogP contribution in [0.5, 0.6) is 0 Å². The molecule has 0 saturated heterocycles. The Morgan fingerprint density at radius 1 is 1.40 bits per heavy atom. The second kappa shape index (κ2) is 6.85. The summed E-state index contributed by atoms with van der Waals surface area (Å²) in [6.45, 7) is 3.98. The van der Waals surface area contributed by atoms with Gasteiger partial charge in [-0.1, -0.05) is 25.4 Å². The maximum atomic E-state index is 13.6. The van der Waals surface area contributed by atoms with Gasteiger partial charge in [0.2, 0.25) is 10.0 Å². The molecule has 20 heavy (non-hydrogen) atoms. The van der Waals surface area contributed by atoms with Crippen molar-refractivity contribution in [3.63, 3.8) is 0 Å². The molecule has 2 N–H and O–H groups in total. The monoisotopic (exact) mass is 323 g/mol. The molecule has 0 atom stereocenters. The van der Waals surface area contributed by atoms with Gasteiger partial charge in [0.15, 0.2) is 0 Å². The maximum absolute atomic E-state index is 13.6. The van der Waals surface area contributed by atoms with E-state index in [9.17, 15) is 12.8 Å². The molecule has 0 radical (unpaired) electrons. The van der Waals surface area contributed by atoms with Gasteiger partial charge in [-0.25, -0.2) is 17.5 Å². The zero-order chi connectivity index (χ0) is 15.4. The molecule has 0 aliphatic rings. The molecule has 0 aliphatic heterocycles. The van der Waals surface area contributed by atoms with Gasteiger partial charge >= 0.3 is 0 Å². The van der Waals surface area contributed by atoms with Crippen molar-refractivity contribution >= 4 is 21.6 Å². The summed E-state index contributed by atoms with van der Waals surface area (Å²) in [4.78, 5) is -0.417. The number of hydrogen-bond donors (Lipinski definition) is 2. The van der Waals surface area contributed by atoms with Crippen LogP contribution in [-0.4, -0.2) is 26.7 Å². The van der Waals surface area contributed by atoms with Crippen molar-refractivity contribution in [1.29, 1.82) is 0 Å². The molecular weight excluding hydrogens is 305 g/mol. The first-order valence-corrected chi connectivity index (χ1v) is 8.10. The SMILES string of the molecule is CC(C)(CCCO)CNS(=O)(=O)c1ccc(Cl)cc1F. The summed E-state index contributed by atoms with van der Waals surface area (Å²) in [5, 5.41) is 8.94. The van der Waals surface area contributed by atoms with E-state index in [1.165, 1.54) is 6.07 Å². The zero-order valence-electron chi connectivity index (χ0n) is 11.5. The number of aliphatic hydroxyl groups is 1. The Morgan fingerprint density at radius 3 is 2.60 bits per heavy atom. The van der Waals surface area contributed by atoms with Gasteiger partial charge in [-0.3, -0.25) is 0 Å². The van der Waals surface area contributed by atoms with E-state index < -0.39 is 20.7 Å². The molecule has 114 valence electrons. The highest BCUT2D eigenvalue weighted by molar-refractivity contribution is 7.89. The number of aliphatic hydroxyl groups excluding tert-OH is 1. The van der Waals surface area contributed by atoms with Gasteiger partial charge in [0.1, 0.15) is 10.7 Å². The minimum Gasteiger partial charge on any atom is -0.396 e. The molecule has 0 bridgehead atoms. The van der Waals surface area contributed by atoms with E-state index in [1.54, 1.807) is 0 Å². The quantitative estimate of drug-likeness (QED) is 0.810. The molecule has 7 heteroatoms. The molecule has 1 aromatic carbocycles. The van der Waals surface area contributed by atoms with Gasteiger partial charge in [0, 0.05) is 18.2 Å². The van der Waals surface area contributed by atoms with E-state index in [0.717, 1.165) is 12.1 Å². The summed E-state index contributed by atoms with van der Waals surface area (Å²) < 4.78 is 40.1. The lowest BCUT2D eigenvalue weighted by molar-refractivity contribution is 0.242. The van der Waals surface area contributed by atoms with Crippen molar-refractivity contribution in [2.75, 3.05) is 13.2 Å². The Labute approximate surface area is 124 Å². The van der Waals surface area contributed by atoms with E-state index in [4.69, 9.17) is 16.7 Å². The average Bonchev–Trinajstić information content (AvgIpc) is 2.34. The largest absolute Gasteiger partial charge is 0.396 e. The van der Waals surface area contributed by atoms with Crippen LogP contribution in [0.15, 0.2) is 23.1 Å². The number of hydrogen-bond acceptors (Lipinski definition) is 3. The fourth-order valence-electron chi connectivity index (χ4n) is 1.71. The normalized spacial score (nSPS) is 12.7. The first-order valence-electron chi connectivity index (χ1n) is 6.23. The molecule has 1 aromatic rings. The highest BCUT2D eigenvalue weighted by Crippen LogP contribution is 2.23. The Hall–Kier alpha value is -0.690. The maximum Gasteiger partial charge on any atom is 0.243 e. The molecule has 0 fully saturated rings. The summed E-state index contributed by atoms with van der Waals surface area (Å²) in [6.07, 6.45) is 1.25. The fourth-order valence-corrected chi connectivity index (χ4v) is 3.17. The topological polar surface area (TPSA) is 66.4 Å². The van der Waals surface area contributed by atoms with Gasteiger partial charge < -0.3 is 5.11 Å². The van der Waals surface area contributed by atoms with Gasteiger partial charge in [-0.2, -0.15) is 0 Å². The standard InChI is InChI=1S/C13H19ClFNO3S/c1-13(2,6-3-7-17)9-16-20(18,19)12-5-4-10(14)8-11(12)15/h4-5,8,16-17H,3,6-7,9H2,1-2H3. The van der Waals surface area contributed by atoms with Crippen LogP contribution in [0, 0.1) is 11.2 Å². The highest BCUT2D eigenvalue weighted by Gasteiger charge is 2.24. The van der Waals surface area contributed by atoms with Crippen molar-refractivity contribution in [3.8, 4) is 0 Å². The fraction of sp³-hybridized carbons (Fsp3) is 0.538. The van der Waals surface area contributed by atoms with E-state index in [1.807, 2.05) is 13.8 Å². The molecule has 0 spiro atoms. The second-order valence-corrected chi connectivity index (χ2v) is 7.56. The van der Waals surface area contributed by atoms with Crippen LogP contribution >= 0.6 is 11.6 Å². The zero-order valence-corrected chi connectivity index (χ0v) is 13.1. The predicted molar refractivity (Wildman–Crippen MR) is 76.7 cm³/mol. The van der Waals surface area contributed by atoms with Crippen LogP contribution in [0.25, 0.3) is 0 Å². The first-order chi connectivity index (χ1) is 9.18. The molecule has 0 amide bonds. The van der Waals surface area contributed by atoms with Crippen molar-refractivity contribution in [2.45, 2.75) is 31.6 Å². The summed E-state index contributed by atoms with van der Waals surface area (Å²) in [7, 11) is -3.91. The van der Waals surface area contributed by atoms with Crippen molar-refractivity contribution in [2.24, 2.45) is 5.41 Å². The van der Waals surface area contributed by atoms with E-state index in [0.29, 0.717) is 12.8 Å². The minimum absolute atomic E-state index is 0.0575. The van der Waals surface area contributed by atoms with Crippen molar-refractivity contribution in [3.05, 3.63) is 29.0 Å². The van der Waals surface area contributed by atoms with Crippen LogP contribution in [0.2, 0.25) is 5.02 Å². The third-order valence-corrected chi connectivity index (χ3v) is 4.61. The van der Waals surface area contributed by atoms with E-state index in [-0.39, 0.29) is 23.6 Å². The summed E-state index contributed by atoms with van der Waals surface area (Å²) >= 11 is 5.59. The smallest absolute Gasteiger partial charge is 0.243 e. The average molecular weight is 324 g/mol.